The molecule has 3 rings (SSSR count). The average Bonchev–Trinajstić information content (AvgIpc) is 3.00. The Morgan fingerprint density at radius 1 is 1.29 bits per heavy atom. The summed E-state index contributed by atoms with van der Waals surface area (Å²) in [6.45, 7) is 3.18. The van der Waals surface area contributed by atoms with Gasteiger partial charge in [0, 0.05) is 11.8 Å². The maximum absolute atomic E-state index is 12.3. The van der Waals surface area contributed by atoms with Crippen LogP contribution in [0.15, 0.2) is 29.4 Å². The number of azide groups is 1. The van der Waals surface area contributed by atoms with E-state index in [4.69, 9.17) is 19.7 Å². The summed E-state index contributed by atoms with van der Waals surface area (Å²) in [6.07, 6.45) is -2.17. The summed E-state index contributed by atoms with van der Waals surface area (Å²) >= 11 is 0. The van der Waals surface area contributed by atoms with Crippen molar-refractivity contribution in [1.82, 2.24) is 0 Å². The van der Waals surface area contributed by atoms with Crippen molar-refractivity contribution in [3.8, 4) is 0 Å². The van der Waals surface area contributed by atoms with E-state index in [1.807, 2.05) is 6.92 Å². The van der Waals surface area contributed by atoms with Gasteiger partial charge in [0.05, 0.1) is 11.6 Å². The molecule has 0 bridgehead atoms. The Bertz CT molecular complexity index is 733. The minimum atomic E-state index is -1.19. The third kappa shape index (κ3) is 2.51. The zero-order valence-electron chi connectivity index (χ0n) is 13.5. The maximum Gasteiger partial charge on any atom is 0.338 e. The number of hydrogen-bond donors (Lipinski definition) is 0. The van der Waals surface area contributed by atoms with E-state index < -0.39 is 41.8 Å². The molecule has 2 fully saturated rings. The summed E-state index contributed by atoms with van der Waals surface area (Å²) in [6, 6.07) is 6.46. The van der Waals surface area contributed by atoms with Gasteiger partial charge in [-0.15, -0.1) is 0 Å². The van der Waals surface area contributed by atoms with Gasteiger partial charge in [0.25, 0.3) is 0 Å². The van der Waals surface area contributed by atoms with Crippen molar-refractivity contribution in [3.63, 3.8) is 0 Å². The molecule has 0 aromatic heterocycles. The Labute approximate surface area is 139 Å². The fraction of sp³-hybridized carbons (Fsp3) is 0.467. The fourth-order valence-corrected chi connectivity index (χ4v) is 3.16. The standard InChI is InChI=1S/C15H16BN3O5/c1-7-3-5-9(6-4-7)14(21)24-11-10-15(11,18-19-17)12(13(16)23-10)22-8(2)20/h3-6,10-13H,16H2,1-2H3/t10-,11?,12+,13-,15?/m1/s1. The lowest BCUT2D eigenvalue weighted by Gasteiger charge is -2.24. The second kappa shape index (κ2) is 5.85. The summed E-state index contributed by atoms with van der Waals surface area (Å²) in [4.78, 5) is 26.4. The van der Waals surface area contributed by atoms with Crippen LogP contribution in [0.25, 0.3) is 10.4 Å². The molecular formula is C15H16BN3O5. The molecule has 1 aliphatic carbocycles. The SMILES string of the molecule is B[C@@H]1O[C@@H]2C(OC(=O)c3ccc(C)cc3)C2(N=[N+]=[N-])[C@H]1OC(C)=O. The third-order valence-electron chi connectivity index (χ3n) is 4.35. The number of benzene rings is 1. The number of ether oxygens (including phenoxy) is 3. The highest BCUT2D eigenvalue weighted by Crippen LogP contribution is 2.56. The van der Waals surface area contributed by atoms with Crippen molar-refractivity contribution in [3.05, 3.63) is 45.8 Å². The van der Waals surface area contributed by atoms with E-state index in [1.165, 1.54) is 6.92 Å². The highest BCUT2D eigenvalue weighted by molar-refractivity contribution is 6.12. The van der Waals surface area contributed by atoms with E-state index in [-0.39, 0.29) is 0 Å². The van der Waals surface area contributed by atoms with Crippen LogP contribution >= 0.6 is 0 Å². The van der Waals surface area contributed by atoms with Gasteiger partial charge in [-0.1, -0.05) is 22.8 Å². The Kier molecular flexibility index (Phi) is 3.99. The molecule has 124 valence electrons. The Hall–Kier alpha value is -2.51. The van der Waals surface area contributed by atoms with Gasteiger partial charge in [-0.2, -0.15) is 0 Å². The molecule has 8 nitrogen and oxygen atoms in total. The molecule has 1 aliphatic heterocycles. The van der Waals surface area contributed by atoms with Crippen LogP contribution in [-0.4, -0.2) is 49.6 Å². The first-order valence-electron chi connectivity index (χ1n) is 7.56. The van der Waals surface area contributed by atoms with E-state index >= 15 is 0 Å². The van der Waals surface area contributed by atoms with Crippen LogP contribution in [0.4, 0.5) is 0 Å². The summed E-state index contributed by atoms with van der Waals surface area (Å²) < 4.78 is 16.4. The van der Waals surface area contributed by atoms with Crippen LogP contribution in [0.3, 0.4) is 0 Å². The van der Waals surface area contributed by atoms with Crippen LogP contribution in [0, 0.1) is 6.92 Å². The molecule has 24 heavy (non-hydrogen) atoms. The highest BCUT2D eigenvalue weighted by atomic mass is 16.6. The van der Waals surface area contributed by atoms with Gasteiger partial charge in [0.1, 0.15) is 26.2 Å². The molecule has 1 saturated carbocycles. The first kappa shape index (κ1) is 16.4. The lowest BCUT2D eigenvalue weighted by Crippen LogP contribution is -2.42. The van der Waals surface area contributed by atoms with Crippen molar-refractivity contribution >= 4 is 19.8 Å². The molecule has 2 aliphatic rings. The number of carbonyl (C=O) groups is 2. The van der Waals surface area contributed by atoms with Crippen molar-refractivity contribution in [2.24, 2.45) is 5.11 Å². The van der Waals surface area contributed by atoms with Crippen molar-refractivity contribution in [2.45, 2.75) is 43.7 Å². The number of carbonyl (C=O) groups excluding carboxylic acids is 2. The molecule has 1 aromatic carbocycles. The Morgan fingerprint density at radius 2 is 1.96 bits per heavy atom. The summed E-state index contributed by atoms with van der Waals surface area (Å²) in [5.41, 5.74) is 9.09. The Balaban J connectivity index is 1.80. The molecule has 5 atom stereocenters. The number of esters is 2. The second-order valence-electron chi connectivity index (χ2n) is 6.06. The summed E-state index contributed by atoms with van der Waals surface area (Å²) in [7, 11) is 1.72. The van der Waals surface area contributed by atoms with E-state index in [2.05, 4.69) is 10.0 Å². The van der Waals surface area contributed by atoms with Crippen LogP contribution in [-0.2, 0) is 19.0 Å². The smallest absolute Gasteiger partial charge is 0.338 e. The van der Waals surface area contributed by atoms with Gasteiger partial charge in [-0.05, 0) is 24.6 Å². The molecule has 0 radical (unpaired) electrons. The van der Waals surface area contributed by atoms with Gasteiger partial charge in [0.15, 0.2) is 5.54 Å². The minimum Gasteiger partial charge on any atom is -0.460 e. The number of rotatable bonds is 4. The zero-order valence-corrected chi connectivity index (χ0v) is 13.5. The molecular weight excluding hydrogens is 313 g/mol. The van der Waals surface area contributed by atoms with E-state index in [0.29, 0.717) is 5.56 Å². The predicted molar refractivity (Wildman–Crippen MR) is 85.0 cm³/mol. The summed E-state index contributed by atoms with van der Waals surface area (Å²) in [5, 5.41) is 3.76. The summed E-state index contributed by atoms with van der Waals surface area (Å²) in [5.74, 6) is -1.06. The molecule has 0 N–H and O–H groups in total. The van der Waals surface area contributed by atoms with E-state index in [9.17, 15) is 9.59 Å². The number of nitrogens with zero attached hydrogens (tertiary/aromatic N) is 3. The van der Waals surface area contributed by atoms with Gasteiger partial charge in [-0.25, -0.2) is 4.79 Å². The number of aryl methyl sites for hydroxylation is 1. The third-order valence-corrected chi connectivity index (χ3v) is 4.35. The molecule has 1 aromatic rings. The van der Waals surface area contributed by atoms with Crippen LogP contribution in [0.5, 0.6) is 0 Å². The maximum atomic E-state index is 12.3. The topological polar surface area (TPSA) is 111 Å². The zero-order chi connectivity index (χ0) is 17.5. The van der Waals surface area contributed by atoms with Gasteiger partial charge >= 0.3 is 11.9 Å². The lowest BCUT2D eigenvalue weighted by atomic mass is 9.90. The first-order chi connectivity index (χ1) is 11.4. The minimum absolute atomic E-state index is 0.388. The van der Waals surface area contributed by atoms with Gasteiger partial charge in [-0.3, -0.25) is 4.79 Å². The first-order valence-corrected chi connectivity index (χ1v) is 7.56. The highest BCUT2D eigenvalue weighted by Gasteiger charge is 2.79. The van der Waals surface area contributed by atoms with Gasteiger partial charge < -0.3 is 14.2 Å². The fourth-order valence-electron chi connectivity index (χ4n) is 3.16. The normalized spacial score (nSPS) is 33.1. The average molecular weight is 329 g/mol. The monoisotopic (exact) mass is 329 g/mol. The molecule has 9 heteroatoms. The van der Waals surface area contributed by atoms with Crippen LogP contribution in [0.1, 0.15) is 22.8 Å². The van der Waals surface area contributed by atoms with E-state index in [0.717, 1.165) is 5.56 Å². The van der Waals surface area contributed by atoms with Crippen molar-refractivity contribution < 1.29 is 23.8 Å². The largest absolute Gasteiger partial charge is 0.460 e. The van der Waals surface area contributed by atoms with Gasteiger partial charge in [0.2, 0.25) is 0 Å². The van der Waals surface area contributed by atoms with Crippen LogP contribution in [0.2, 0.25) is 0 Å². The number of hydrogen-bond acceptors (Lipinski definition) is 6. The lowest BCUT2D eigenvalue weighted by molar-refractivity contribution is -0.150. The predicted octanol–water partition coefficient (Wildman–Crippen LogP) is 0.873. The molecule has 2 unspecified atom stereocenters. The molecule has 0 amide bonds. The van der Waals surface area contributed by atoms with Crippen LogP contribution < -0.4 is 0 Å². The second-order valence-corrected chi connectivity index (χ2v) is 6.06. The van der Waals surface area contributed by atoms with Crippen molar-refractivity contribution in [1.29, 1.82) is 0 Å². The molecule has 1 saturated heterocycles. The van der Waals surface area contributed by atoms with E-state index in [1.54, 1.807) is 32.1 Å². The molecule has 0 spiro atoms. The number of fused-ring (bicyclic) bond motifs is 1. The molecule has 1 heterocycles. The van der Waals surface area contributed by atoms with Crippen molar-refractivity contribution in [2.75, 3.05) is 0 Å². The quantitative estimate of drug-likeness (QED) is 0.268. The Morgan fingerprint density at radius 3 is 2.54 bits per heavy atom.